The molecule has 0 aliphatic carbocycles. The lowest BCUT2D eigenvalue weighted by atomic mass is 10.0. The van der Waals surface area contributed by atoms with E-state index in [2.05, 4.69) is 0 Å². The fourth-order valence-electron chi connectivity index (χ4n) is 1.02. The molecule has 0 N–H and O–H groups in total. The van der Waals surface area contributed by atoms with Crippen molar-refractivity contribution in [2.24, 2.45) is 0 Å². The first-order valence-corrected chi connectivity index (χ1v) is 5.79. The van der Waals surface area contributed by atoms with Gasteiger partial charge in [-0.2, -0.15) is 26.3 Å². The molecule has 9 heteroatoms. The first kappa shape index (κ1) is 17.5. The van der Waals surface area contributed by atoms with Crippen LogP contribution in [0.2, 0.25) is 0 Å². The lowest BCUT2D eigenvalue weighted by Crippen LogP contribution is -2.55. The topological polar surface area (TPSA) is 17.1 Å². The molecule has 0 aliphatic rings. The Hall–Kier alpha value is -0.470. The van der Waals surface area contributed by atoms with Crippen molar-refractivity contribution in [3.8, 4) is 0 Å². The van der Waals surface area contributed by atoms with Crippen molar-refractivity contribution in [3.05, 3.63) is 0 Å². The van der Waals surface area contributed by atoms with E-state index in [1.807, 2.05) is 0 Å². The average molecular weight is 300 g/mol. The predicted molar refractivity (Wildman–Crippen MR) is 53.2 cm³/mol. The van der Waals surface area contributed by atoms with Gasteiger partial charge in [0.2, 0.25) is 0 Å². The number of thioether (sulfide) groups is 1. The molecule has 0 radical (unpaired) electrons. The Balaban J connectivity index is 4.56. The number of carbonyl (C=O) groups is 1. The number of halogens is 7. The summed E-state index contributed by atoms with van der Waals surface area (Å²) < 4.78 is 87.8. The Kier molecular flexibility index (Phi) is 5.96. The highest BCUT2D eigenvalue weighted by atomic mass is 32.2. The molecule has 0 saturated carbocycles. The molecule has 0 fully saturated rings. The number of hydrogen-bond donors (Lipinski definition) is 0. The maximum atomic E-state index is 12.9. The molecular weight excluding hydrogens is 289 g/mol. The zero-order valence-corrected chi connectivity index (χ0v) is 10.1. The molecule has 0 saturated heterocycles. The fourth-order valence-corrected chi connectivity index (χ4v) is 1.59. The third-order valence-electron chi connectivity index (χ3n) is 2.03. The average Bonchev–Trinajstić information content (AvgIpc) is 2.23. The molecule has 1 nitrogen and oxygen atoms in total. The van der Waals surface area contributed by atoms with Gasteiger partial charge in [0.15, 0.2) is 11.8 Å². The molecular formula is C9H11F7OS. The molecule has 0 aromatic carbocycles. The lowest BCUT2D eigenvalue weighted by Gasteiger charge is -2.31. The van der Waals surface area contributed by atoms with E-state index in [1.54, 1.807) is 0 Å². The van der Waals surface area contributed by atoms with Crippen LogP contribution in [0.4, 0.5) is 30.7 Å². The van der Waals surface area contributed by atoms with Crippen molar-refractivity contribution in [2.75, 3.05) is 12.4 Å². The highest BCUT2D eigenvalue weighted by Gasteiger charge is 2.70. The SMILES string of the molecule is CC(=O)SCCCC(F)(F)C(F)(F)C(F)(F)CF. The Morgan fingerprint density at radius 1 is 1.06 bits per heavy atom. The molecule has 0 unspecified atom stereocenters. The van der Waals surface area contributed by atoms with Gasteiger partial charge in [0, 0.05) is 19.1 Å². The summed E-state index contributed by atoms with van der Waals surface area (Å²) in [6.07, 6.45) is -2.11. The minimum absolute atomic E-state index is 0.192. The van der Waals surface area contributed by atoms with Crippen LogP contribution < -0.4 is 0 Å². The summed E-state index contributed by atoms with van der Waals surface area (Å²) in [7, 11) is 0. The highest BCUT2D eigenvalue weighted by Crippen LogP contribution is 2.48. The Labute approximate surface area is 103 Å². The van der Waals surface area contributed by atoms with Gasteiger partial charge in [-0.15, -0.1) is 0 Å². The molecule has 0 aromatic rings. The van der Waals surface area contributed by atoms with Gasteiger partial charge >= 0.3 is 17.8 Å². The van der Waals surface area contributed by atoms with E-state index >= 15 is 0 Å². The standard InChI is InChI=1S/C9H11F7OS/c1-6(17)18-4-2-3-7(11,12)9(15,16)8(13,14)5-10/h2-5H2,1H3. The van der Waals surface area contributed by atoms with Gasteiger partial charge in [-0.1, -0.05) is 11.8 Å². The van der Waals surface area contributed by atoms with Gasteiger partial charge in [0.1, 0.15) is 0 Å². The zero-order valence-electron chi connectivity index (χ0n) is 9.29. The van der Waals surface area contributed by atoms with Gasteiger partial charge in [0.25, 0.3) is 0 Å². The quantitative estimate of drug-likeness (QED) is 0.523. The van der Waals surface area contributed by atoms with E-state index in [9.17, 15) is 35.5 Å². The first-order valence-electron chi connectivity index (χ1n) is 4.81. The predicted octanol–water partition coefficient (Wildman–Crippen LogP) is 3.92. The minimum atomic E-state index is -5.75. The normalized spacial score (nSPS) is 13.8. The van der Waals surface area contributed by atoms with E-state index in [-0.39, 0.29) is 5.75 Å². The Bertz CT molecular complexity index is 293. The summed E-state index contributed by atoms with van der Waals surface area (Å²) in [5.41, 5.74) is 0. The Morgan fingerprint density at radius 3 is 1.94 bits per heavy atom. The molecule has 0 rings (SSSR count). The van der Waals surface area contributed by atoms with Crippen LogP contribution in [0.1, 0.15) is 19.8 Å². The number of hydrogen-bond acceptors (Lipinski definition) is 2. The van der Waals surface area contributed by atoms with Crippen LogP contribution >= 0.6 is 11.8 Å². The van der Waals surface area contributed by atoms with Crippen molar-refractivity contribution in [1.29, 1.82) is 0 Å². The minimum Gasteiger partial charge on any atom is -0.288 e. The zero-order chi connectivity index (χ0) is 14.6. The van der Waals surface area contributed by atoms with E-state index in [0.717, 1.165) is 6.92 Å². The first-order chi connectivity index (χ1) is 7.98. The highest BCUT2D eigenvalue weighted by molar-refractivity contribution is 8.13. The van der Waals surface area contributed by atoms with E-state index in [4.69, 9.17) is 0 Å². The number of alkyl halides is 7. The molecule has 0 bridgehead atoms. The molecule has 18 heavy (non-hydrogen) atoms. The van der Waals surface area contributed by atoms with Crippen molar-refractivity contribution in [2.45, 2.75) is 37.5 Å². The monoisotopic (exact) mass is 300 g/mol. The van der Waals surface area contributed by atoms with Crippen LogP contribution in [0, 0.1) is 0 Å². The third kappa shape index (κ3) is 4.03. The summed E-state index contributed by atoms with van der Waals surface area (Å²) >= 11 is 0.617. The van der Waals surface area contributed by atoms with Crippen molar-refractivity contribution in [3.63, 3.8) is 0 Å². The van der Waals surface area contributed by atoms with Crippen LogP contribution in [0.3, 0.4) is 0 Å². The number of rotatable bonds is 7. The van der Waals surface area contributed by atoms with Crippen molar-refractivity contribution < 1.29 is 35.5 Å². The van der Waals surface area contributed by atoms with Gasteiger partial charge in [0.05, 0.1) is 0 Å². The lowest BCUT2D eigenvalue weighted by molar-refractivity contribution is -0.313. The largest absolute Gasteiger partial charge is 0.374 e. The smallest absolute Gasteiger partial charge is 0.288 e. The summed E-state index contributed by atoms with van der Waals surface area (Å²) in [6.45, 7) is -1.72. The van der Waals surface area contributed by atoms with Crippen molar-refractivity contribution >= 4 is 16.9 Å². The van der Waals surface area contributed by atoms with Crippen LogP contribution in [0.25, 0.3) is 0 Å². The second-order valence-electron chi connectivity index (χ2n) is 3.56. The van der Waals surface area contributed by atoms with Crippen LogP contribution in [0.5, 0.6) is 0 Å². The van der Waals surface area contributed by atoms with Crippen molar-refractivity contribution in [1.82, 2.24) is 0 Å². The van der Waals surface area contributed by atoms with Gasteiger partial charge in [-0.05, 0) is 6.42 Å². The second-order valence-corrected chi connectivity index (χ2v) is 4.83. The summed E-state index contributed by atoms with van der Waals surface area (Å²) in [6, 6.07) is 0. The number of carbonyl (C=O) groups excluding carboxylic acids is 1. The molecule has 0 atom stereocenters. The van der Waals surface area contributed by atoms with E-state index in [0.29, 0.717) is 11.8 Å². The summed E-state index contributed by atoms with van der Waals surface area (Å²) in [4.78, 5) is 10.4. The maximum absolute atomic E-state index is 12.9. The van der Waals surface area contributed by atoms with E-state index < -0.39 is 42.4 Å². The third-order valence-corrected chi connectivity index (χ3v) is 2.93. The van der Waals surface area contributed by atoms with E-state index in [1.165, 1.54) is 0 Å². The van der Waals surface area contributed by atoms with Crippen LogP contribution in [-0.2, 0) is 4.79 Å². The molecule has 0 heterocycles. The summed E-state index contributed by atoms with van der Waals surface area (Å²) in [5, 5.41) is -0.404. The molecule has 0 aliphatic heterocycles. The molecule has 0 spiro atoms. The van der Waals surface area contributed by atoms with Gasteiger partial charge in [-0.3, -0.25) is 4.79 Å². The second kappa shape index (κ2) is 6.12. The van der Waals surface area contributed by atoms with Crippen LogP contribution in [0.15, 0.2) is 0 Å². The molecule has 108 valence electrons. The van der Waals surface area contributed by atoms with Gasteiger partial charge in [-0.25, -0.2) is 4.39 Å². The maximum Gasteiger partial charge on any atom is 0.374 e. The summed E-state index contributed by atoms with van der Waals surface area (Å²) in [5.74, 6) is -16.4. The molecule has 0 amide bonds. The fraction of sp³-hybridized carbons (Fsp3) is 0.889. The molecule has 0 aromatic heterocycles. The Morgan fingerprint density at radius 2 is 1.56 bits per heavy atom. The van der Waals surface area contributed by atoms with Crippen LogP contribution in [-0.4, -0.2) is 35.3 Å². The van der Waals surface area contributed by atoms with Gasteiger partial charge < -0.3 is 0 Å².